The molecule has 1 N–H and O–H groups in total. The Hall–Kier alpha value is -3.16. The fourth-order valence-corrected chi connectivity index (χ4v) is 3.01. The third-order valence-electron chi connectivity index (χ3n) is 4.44. The molecule has 1 aliphatic rings. The molecule has 7 heteroatoms. The molecule has 1 fully saturated rings. The highest BCUT2D eigenvalue weighted by molar-refractivity contribution is 5.94. The highest BCUT2D eigenvalue weighted by Gasteiger charge is 2.24. The van der Waals surface area contributed by atoms with Crippen molar-refractivity contribution < 1.29 is 19.0 Å². The van der Waals surface area contributed by atoms with Crippen LogP contribution < -0.4 is 10.1 Å². The van der Waals surface area contributed by atoms with E-state index in [0.29, 0.717) is 19.0 Å². The van der Waals surface area contributed by atoms with Gasteiger partial charge in [0.05, 0.1) is 38.3 Å². The predicted molar refractivity (Wildman–Crippen MR) is 105 cm³/mol. The Bertz CT molecular complexity index is 949. The SMILES string of the molecule is COc1cccc(-c2cc(NC(=O)[C@@H]3COCCO3)n(-c3ccccc3)n2)c1. The van der Waals surface area contributed by atoms with Crippen molar-refractivity contribution in [2.45, 2.75) is 6.10 Å². The molecule has 1 atom stereocenters. The maximum Gasteiger partial charge on any atom is 0.257 e. The van der Waals surface area contributed by atoms with Gasteiger partial charge in [0.25, 0.3) is 5.91 Å². The van der Waals surface area contributed by atoms with Crippen LogP contribution in [0.1, 0.15) is 0 Å². The molecule has 0 spiro atoms. The Morgan fingerprint density at radius 3 is 2.75 bits per heavy atom. The molecule has 144 valence electrons. The largest absolute Gasteiger partial charge is 0.497 e. The number of hydrogen-bond acceptors (Lipinski definition) is 5. The van der Waals surface area contributed by atoms with Gasteiger partial charge in [-0.25, -0.2) is 4.68 Å². The summed E-state index contributed by atoms with van der Waals surface area (Å²) in [4.78, 5) is 12.6. The van der Waals surface area contributed by atoms with Crippen LogP contribution in [0, 0.1) is 0 Å². The van der Waals surface area contributed by atoms with Crippen molar-refractivity contribution >= 4 is 11.7 Å². The molecule has 0 bridgehead atoms. The molecule has 3 aromatic rings. The van der Waals surface area contributed by atoms with Crippen molar-refractivity contribution in [1.29, 1.82) is 0 Å². The number of amides is 1. The molecule has 7 nitrogen and oxygen atoms in total. The van der Waals surface area contributed by atoms with E-state index in [2.05, 4.69) is 5.32 Å². The Morgan fingerprint density at radius 2 is 2.00 bits per heavy atom. The van der Waals surface area contributed by atoms with E-state index in [-0.39, 0.29) is 12.5 Å². The number of para-hydroxylation sites is 1. The Balaban J connectivity index is 1.69. The van der Waals surface area contributed by atoms with Crippen LogP contribution in [-0.4, -0.2) is 48.7 Å². The van der Waals surface area contributed by atoms with E-state index >= 15 is 0 Å². The van der Waals surface area contributed by atoms with Gasteiger partial charge in [-0.3, -0.25) is 4.79 Å². The van der Waals surface area contributed by atoms with Crippen LogP contribution >= 0.6 is 0 Å². The molecule has 1 amide bonds. The van der Waals surface area contributed by atoms with Gasteiger partial charge in [-0.15, -0.1) is 0 Å². The number of nitrogens with one attached hydrogen (secondary N) is 1. The third-order valence-corrected chi connectivity index (χ3v) is 4.44. The summed E-state index contributed by atoms with van der Waals surface area (Å²) in [5.41, 5.74) is 2.45. The lowest BCUT2D eigenvalue weighted by Gasteiger charge is -2.22. The minimum atomic E-state index is -0.631. The molecule has 0 aliphatic carbocycles. The minimum absolute atomic E-state index is 0.244. The zero-order chi connectivity index (χ0) is 19.3. The topological polar surface area (TPSA) is 74.6 Å². The van der Waals surface area contributed by atoms with Gasteiger partial charge >= 0.3 is 0 Å². The first-order valence-corrected chi connectivity index (χ1v) is 9.05. The van der Waals surface area contributed by atoms with Gasteiger partial charge in [-0.05, 0) is 24.3 Å². The van der Waals surface area contributed by atoms with Crippen LogP contribution in [0.4, 0.5) is 5.82 Å². The Morgan fingerprint density at radius 1 is 1.14 bits per heavy atom. The summed E-state index contributed by atoms with van der Waals surface area (Å²) in [6.45, 7) is 1.16. The molecule has 0 saturated carbocycles. The highest BCUT2D eigenvalue weighted by Crippen LogP contribution is 2.27. The lowest BCUT2D eigenvalue weighted by atomic mass is 10.1. The monoisotopic (exact) mass is 379 g/mol. The van der Waals surface area contributed by atoms with E-state index in [1.165, 1.54) is 0 Å². The molecule has 2 aromatic carbocycles. The van der Waals surface area contributed by atoms with Crippen LogP contribution in [0.3, 0.4) is 0 Å². The van der Waals surface area contributed by atoms with E-state index in [9.17, 15) is 4.79 Å². The summed E-state index contributed by atoms with van der Waals surface area (Å²) in [5, 5.41) is 7.62. The maximum absolute atomic E-state index is 12.6. The summed E-state index contributed by atoms with van der Waals surface area (Å²) in [6.07, 6.45) is -0.631. The number of aromatic nitrogens is 2. The fourth-order valence-electron chi connectivity index (χ4n) is 3.01. The second kappa shape index (κ2) is 8.24. The van der Waals surface area contributed by atoms with E-state index in [4.69, 9.17) is 19.3 Å². The summed E-state index contributed by atoms with van der Waals surface area (Å²) in [5.74, 6) is 1.04. The number of nitrogens with zero attached hydrogens (tertiary/aromatic N) is 2. The fraction of sp³-hybridized carbons (Fsp3) is 0.238. The van der Waals surface area contributed by atoms with E-state index in [1.54, 1.807) is 11.8 Å². The Labute approximate surface area is 162 Å². The first kappa shape index (κ1) is 18.2. The molecule has 1 aliphatic heterocycles. The second-order valence-corrected chi connectivity index (χ2v) is 6.32. The summed E-state index contributed by atoms with van der Waals surface area (Å²) >= 11 is 0. The second-order valence-electron chi connectivity index (χ2n) is 6.32. The molecule has 1 saturated heterocycles. The lowest BCUT2D eigenvalue weighted by molar-refractivity contribution is -0.142. The minimum Gasteiger partial charge on any atom is -0.497 e. The number of rotatable bonds is 5. The van der Waals surface area contributed by atoms with Crippen molar-refractivity contribution in [2.24, 2.45) is 0 Å². The number of benzene rings is 2. The van der Waals surface area contributed by atoms with Gasteiger partial charge < -0.3 is 19.5 Å². The molecule has 4 rings (SSSR count). The predicted octanol–water partition coefficient (Wildman–Crippen LogP) is 2.90. The average molecular weight is 379 g/mol. The molecule has 2 heterocycles. The van der Waals surface area contributed by atoms with Gasteiger partial charge in [-0.1, -0.05) is 30.3 Å². The third kappa shape index (κ3) is 3.90. The molecular weight excluding hydrogens is 358 g/mol. The molecule has 0 unspecified atom stereocenters. The first-order valence-electron chi connectivity index (χ1n) is 9.05. The van der Waals surface area contributed by atoms with Gasteiger partial charge in [0, 0.05) is 11.6 Å². The normalized spacial score (nSPS) is 16.5. The summed E-state index contributed by atoms with van der Waals surface area (Å²) in [6, 6.07) is 19.1. The number of carbonyl (C=O) groups excluding carboxylic acids is 1. The van der Waals surface area contributed by atoms with Crippen LogP contribution in [-0.2, 0) is 14.3 Å². The molecule has 1 aromatic heterocycles. The number of methoxy groups -OCH3 is 1. The maximum atomic E-state index is 12.6. The number of carbonyl (C=O) groups is 1. The smallest absolute Gasteiger partial charge is 0.257 e. The van der Waals surface area contributed by atoms with Gasteiger partial charge in [-0.2, -0.15) is 5.10 Å². The lowest BCUT2D eigenvalue weighted by Crippen LogP contribution is -2.39. The van der Waals surface area contributed by atoms with Gasteiger partial charge in [0.1, 0.15) is 11.6 Å². The van der Waals surface area contributed by atoms with Crippen LogP contribution in [0.25, 0.3) is 16.9 Å². The first-order chi connectivity index (χ1) is 13.7. The average Bonchev–Trinajstić information content (AvgIpc) is 3.19. The van der Waals surface area contributed by atoms with Crippen molar-refractivity contribution in [3.05, 3.63) is 60.7 Å². The summed E-state index contributed by atoms with van der Waals surface area (Å²) < 4.78 is 17.8. The zero-order valence-electron chi connectivity index (χ0n) is 15.5. The molecule has 28 heavy (non-hydrogen) atoms. The van der Waals surface area contributed by atoms with Crippen molar-refractivity contribution in [2.75, 3.05) is 32.2 Å². The van der Waals surface area contributed by atoms with Crippen molar-refractivity contribution in [3.63, 3.8) is 0 Å². The zero-order valence-corrected chi connectivity index (χ0v) is 15.5. The van der Waals surface area contributed by atoms with Crippen LogP contribution in [0.15, 0.2) is 60.7 Å². The van der Waals surface area contributed by atoms with Crippen LogP contribution in [0.2, 0.25) is 0 Å². The van der Waals surface area contributed by atoms with E-state index < -0.39 is 6.10 Å². The van der Waals surface area contributed by atoms with Gasteiger partial charge in [0.15, 0.2) is 6.10 Å². The molecule has 0 radical (unpaired) electrons. The van der Waals surface area contributed by atoms with Crippen molar-refractivity contribution in [3.8, 4) is 22.7 Å². The van der Waals surface area contributed by atoms with Crippen LogP contribution in [0.5, 0.6) is 5.75 Å². The van der Waals surface area contributed by atoms with Crippen molar-refractivity contribution in [1.82, 2.24) is 9.78 Å². The molecular formula is C21H21N3O4. The highest BCUT2D eigenvalue weighted by atomic mass is 16.6. The van der Waals surface area contributed by atoms with E-state index in [1.807, 2.05) is 60.7 Å². The summed E-state index contributed by atoms with van der Waals surface area (Å²) in [7, 11) is 1.62. The van der Waals surface area contributed by atoms with E-state index in [0.717, 1.165) is 22.7 Å². The van der Waals surface area contributed by atoms with Gasteiger partial charge in [0.2, 0.25) is 0 Å². The standard InChI is InChI=1S/C21H21N3O4/c1-26-17-9-5-6-15(12-17)18-13-20(22-21(25)19-14-27-10-11-28-19)24(23-18)16-7-3-2-4-8-16/h2-9,12-13,19H,10-11,14H2,1H3,(H,22,25)/t19-/m0/s1. The quantitative estimate of drug-likeness (QED) is 0.738. The Kier molecular flexibility index (Phi) is 5.36. The number of ether oxygens (including phenoxy) is 3. The number of anilines is 1. The number of hydrogen-bond donors (Lipinski definition) is 1.